The number of likely N-dealkylation sites (tertiary alicyclic amines) is 1. The van der Waals surface area contributed by atoms with Gasteiger partial charge in [0.2, 0.25) is 5.91 Å². The molecule has 1 aliphatic heterocycles. The molecule has 0 unspecified atom stereocenters. The predicted molar refractivity (Wildman–Crippen MR) is 91.3 cm³/mol. The molecule has 6 nitrogen and oxygen atoms in total. The summed E-state index contributed by atoms with van der Waals surface area (Å²) >= 11 is 0. The van der Waals surface area contributed by atoms with E-state index in [1.54, 1.807) is 29.3 Å². The van der Waals surface area contributed by atoms with Gasteiger partial charge in [0.1, 0.15) is 11.6 Å². The van der Waals surface area contributed by atoms with E-state index in [4.69, 9.17) is 4.74 Å². The Bertz CT molecular complexity index is 850. The average molecular weight is 357 g/mol. The number of carbonyl (C=O) groups is 2. The van der Waals surface area contributed by atoms with Crippen molar-refractivity contribution in [3.63, 3.8) is 0 Å². The fraction of sp³-hybridized carbons (Fsp3) is 0.421. The van der Waals surface area contributed by atoms with E-state index >= 15 is 0 Å². The summed E-state index contributed by atoms with van der Waals surface area (Å²) in [7, 11) is 1.34. The van der Waals surface area contributed by atoms with Gasteiger partial charge in [0, 0.05) is 12.1 Å². The summed E-state index contributed by atoms with van der Waals surface area (Å²) in [5.74, 6) is -0.612. The van der Waals surface area contributed by atoms with Gasteiger partial charge in [-0.1, -0.05) is 12.1 Å². The van der Waals surface area contributed by atoms with Crippen LogP contribution in [0.5, 0.6) is 0 Å². The molecule has 2 heterocycles. The highest BCUT2D eigenvalue weighted by Gasteiger charge is 2.52. The highest BCUT2D eigenvalue weighted by atomic mass is 19.1. The maximum absolute atomic E-state index is 14.0. The Morgan fingerprint density at radius 2 is 2.12 bits per heavy atom. The Labute approximate surface area is 150 Å². The highest BCUT2D eigenvalue weighted by molar-refractivity contribution is 5.90. The molecule has 1 aliphatic carbocycles. The molecule has 0 bridgehead atoms. The third kappa shape index (κ3) is 2.87. The zero-order chi connectivity index (χ0) is 18.3. The Balaban J connectivity index is 1.52. The molecule has 1 saturated heterocycles. The minimum Gasteiger partial charge on any atom is -0.469 e. The quantitative estimate of drug-likeness (QED) is 0.854. The van der Waals surface area contributed by atoms with Crippen LogP contribution >= 0.6 is 0 Å². The summed E-state index contributed by atoms with van der Waals surface area (Å²) in [4.78, 5) is 33.7. The van der Waals surface area contributed by atoms with Crippen LogP contribution in [0.2, 0.25) is 0 Å². The van der Waals surface area contributed by atoms with E-state index in [2.05, 4.69) is 9.97 Å². The maximum Gasteiger partial charge on any atom is 0.309 e. The van der Waals surface area contributed by atoms with Crippen LogP contribution in [0, 0.1) is 17.7 Å². The van der Waals surface area contributed by atoms with Crippen molar-refractivity contribution >= 4 is 11.9 Å². The fourth-order valence-electron chi connectivity index (χ4n) is 3.73. The standard InChI is InChI=1S/C19H20FN3O3/c1-26-19(25)13-9-12(13)18(24)23-8-4-7-16(23)17-21-10-15(22-17)11-5-2-3-6-14(11)20/h2-3,5-6,10,12-13,16H,4,7-9H2,1H3,(H,21,22)/t12-,13-,16-/m1/s1. The number of benzene rings is 1. The molecule has 1 aromatic carbocycles. The molecule has 0 radical (unpaired) electrons. The van der Waals surface area contributed by atoms with Gasteiger partial charge in [0.05, 0.1) is 36.9 Å². The third-order valence-corrected chi connectivity index (χ3v) is 5.22. The van der Waals surface area contributed by atoms with E-state index in [0.717, 1.165) is 12.8 Å². The monoisotopic (exact) mass is 357 g/mol. The number of hydrogen-bond donors (Lipinski definition) is 1. The van der Waals surface area contributed by atoms with Crippen LogP contribution in [0.4, 0.5) is 4.39 Å². The van der Waals surface area contributed by atoms with Crippen LogP contribution in [0.15, 0.2) is 30.5 Å². The van der Waals surface area contributed by atoms with Crippen LogP contribution < -0.4 is 0 Å². The van der Waals surface area contributed by atoms with Gasteiger partial charge < -0.3 is 14.6 Å². The third-order valence-electron chi connectivity index (χ3n) is 5.22. The number of nitrogens with zero attached hydrogens (tertiary/aromatic N) is 2. The number of esters is 1. The van der Waals surface area contributed by atoms with Crippen LogP contribution in [0.25, 0.3) is 11.3 Å². The summed E-state index contributed by atoms with van der Waals surface area (Å²) in [5, 5.41) is 0. The van der Waals surface area contributed by atoms with Gasteiger partial charge in [-0.3, -0.25) is 9.59 Å². The molecule has 26 heavy (non-hydrogen) atoms. The first-order valence-corrected chi connectivity index (χ1v) is 8.78. The summed E-state index contributed by atoms with van der Waals surface area (Å²) in [6, 6.07) is 6.34. The van der Waals surface area contributed by atoms with Gasteiger partial charge in [0.25, 0.3) is 0 Å². The molecule has 1 saturated carbocycles. The lowest BCUT2D eigenvalue weighted by atomic mass is 10.1. The van der Waals surface area contributed by atoms with E-state index in [0.29, 0.717) is 30.0 Å². The molecular formula is C19H20FN3O3. The number of hydrogen-bond acceptors (Lipinski definition) is 4. The molecule has 0 spiro atoms. The molecule has 136 valence electrons. The lowest BCUT2D eigenvalue weighted by molar-refractivity contribution is -0.145. The molecular weight excluding hydrogens is 337 g/mol. The predicted octanol–water partition coefficient (Wildman–Crippen LogP) is 2.69. The van der Waals surface area contributed by atoms with Crippen molar-refractivity contribution in [3.8, 4) is 11.3 Å². The van der Waals surface area contributed by atoms with E-state index in [9.17, 15) is 14.0 Å². The van der Waals surface area contributed by atoms with Crippen molar-refractivity contribution in [1.82, 2.24) is 14.9 Å². The van der Waals surface area contributed by atoms with Gasteiger partial charge in [-0.25, -0.2) is 9.37 Å². The van der Waals surface area contributed by atoms with Crippen LogP contribution in [-0.4, -0.2) is 40.4 Å². The first-order chi connectivity index (χ1) is 12.6. The Morgan fingerprint density at radius 3 is 2.88 bits per heavy atom. The highest BCUT2D eigenvalue weighted by Crippen LogP contribution is 2.44. The average Bonchev–Trinajstić information content (AvgIpc) is 3.06. The number of H-pyrrole nitrogens is 1. The Hall–Kier alpha value is -2.70. The Morgan fingerprint density at radius 1 is 1.31 bits per heavy atom. The number of rotatable bonds is 4. The summed E-state index contributed by atoms with van der Waals surface area (Å²) in [6.07, 6.45) is 3.82. The van der Waals surface area contributed by atoms with E-state index in [-0.39, 0.29) is 35.6 Å². The zero-order valence-electron chi connectivity index (χ0n) is 14.4. The number of carbonyl (C=O) groups excluding carboxylic acids is 2. The van der Waals surface area contributed by atoms with Crippen LogP contribution in [-0.2, 0) is 14.3 Å². The number of aromatic amines is 1. The second kappa shape index (κ2) is 6.55. The smallest absolute Gasteiger partial charge is 0.309 e. The first kappa shape index (κ1) is 16.8. The number of halogens is 1. The van der Waals surface area contributed by atoms with Crippen molar-refractivity contribution in [2.24, 2.45) is 11.8 Å². The molecule has 7 heteroatoms. The first-order valence-electron chi connectivity index (χ1n) is 8.78. The van der Waals surface area contributed by atoms with Gasteiger partial charge >= 0.3 is 5.97 Å². The molecule has 2 aliphatic rings. The lowest BCUT2D eigenvalue weighted by Crippen LogP contribution is -2.33. The number of methoxy groups -OCH3 is 1. The van der Waals surface area contributed by atoms with Gasteiger partial charge in [-0.05, 0) is 31.4 Å². The van der Waals surface area contributed by atoms with Crippen LogP contribution in [0.3, 0.4) is 0 Å². The number of imidazole rings is 1. The van der Waals surface area contributed by atoms with Crippen LogP contribution in [0.1, 0.15) is 31.1 Å². The van der Waals surface area contributed by atoms with E-state index < -0.39 is 0 Å². The van der Waals surface area contributed by atoms with Crippen molar-refractivity contribution in [3.05, 3.63) is 42.1 Å². The summed E-state index contributed by atoms with van der Waals surface area (Å²) in [6.45, 7) is 0.642. The van der Waals surface area contributed by atoms with Gasteiger partial charge in [-0.2, -0.15) is 0 Å². The molecule has 1 aromatic heterocycles. The number of aromatic nitrogens is 2. The van der Waals surface area contributed by atoms with Crippen molar-refractivity contribution < 1.29 is 18.7 Å². The van der Waals surface area contributed by atoms with E-state index in [1.165, 1.54) is 13.2 Å². The normalized spacial score (nSPS) is 24.5. The molecule has 4 rings (SSSR count). The number of nitrogens with one attached hydrogen (secondary N) is 1. The van der Waals surface area contributed by atoms with E-state index in [1.807, 2.05) is 0 Å². The molecule has 1 amide bonds. The minimum atomic E-state index is -0.320. The summed E-state index contributed by atoms with van der Waals surface area (Å²) < 4.78 is 18.7. The number of amides is 1. The second-order valence-electron chi connectivity index (χ2n) is 6.82. The fourth-order valence-corrected chi connectivity index (χ4v) is 3.73. The largest absolute Gasteiger partial charge is 0.469 e. The topological polar surface area (TPSA) is 75.3 Å². The SMILES string of the molecule is COC(=O)[C@@H]1C[C@H]1C(=O)N1CCC[C@@H]1c1ncc(-c2ccccc2F)[nH]1. The minimum absolute atomic E-state index is 0.0215. The summed E-state index contributed by atoms with van der Waals surface area (Å²) in [5.41, 5.74) is 1.05. The van der Waals surface area contributed by atoms with Crippen molar-refractivity contribution in [2.45, 2.75) is 25.3 Å². The molecule has 3 atom stereocenters. The maximum atomic E-state index is 14.0. The molecule has 1 N–H and O–H groups in total. The van der Waals surface area contributed by atoms with Crippen molar-refractivity contribution in [2.75, 3.05) is 13.7 Å². The number of ether oxygens (including phenoxy) is 1. The zero-order valence-corrected chi connectivity index (χ0v) is 14.4. The molecule has 2 aromatic rings. The molecule has 2 fully saturated rings. The van der Waals surface area contributed by atoms with Crippen molar-refractivity contribution in [1.29, 1.82) is 0 Å². The van der Waals surface area contributed by atoms with Gasteiger partial charge in [-0.15, -0.1) is 0 Å². The second-order valence-corrected chi connectivity index (χ2v) is 6.82. The Kier molecular flexibility index (Phi) is 4.22. The van der Waals surface area contributed by atoms with Gasteiger partial charge in [0.15, 0.2) is 0 Å². The lowest BCUT2D eigenvalue weighted by Gasteiger charge is -2.23.